The van der Waals surface area contributed by atoms with Gasteiger partial charge in [-0.2, -0.15) is 0 Å². The predicted octanol–water partition coefficient (Wildman–Crippen LogP) is 2.29. The van der Waals surface area contributed by atoms with Crippen LogP contribution in [0.5, 0.6) is 0 Å². The topological polar surface area (TPSA) is 107 Å². The Labute approximate surface area is 131 Å². The number of carbonyl (C=O) groups excluding carboxylic acids is 1. The standard InChI is InChI=1S/C15H14N4O4/c1-11-5-6-13(9-16-11)18-15(20)10-23-17-8-12-3-2-4-14(7-12)19(21)22/h2-9H,10H2,1H3,(H,18,20)/b17-8+. The SMILES string of the molecule is Cc1ccc(NC(=O)CO/N=C/c2cccc([N+](=O)[O-])c2)cn1. The largest absolute Gasteiger partial charge is 0.386 e. The summed E-state index contributed by atoms with van der Waals surface area (Å²) in [5, 5.41) is 16.9. The van der Waals surface area contributed by atoms with E-state index in [1.807, 2.05) is 6.92 Å². The van der Waals surface area contributed by atoms with Gasteiger partial charge in [-0.1, -0.05) is 17.3 Å². The summed E-state index contributed by atoms with van der Waals surface area (Å²) in [6.07, 6.45) is 2.84. The van der Waals surface area contributed by atoms with Crippen LogP contribution in [0.1, 0.15) is 11.3 Å². The summed E-state index contributed by atoms with van der Waals surface area (Å²) in [6, 6.07) is 9.41. The maximum atomic E-state index is 11.6. The van der Waals surface area contributed by atoms with Crippen molar-refractivity contribution in [3.63, 3.8) is 0 Å². The Kier molecular flexibility index (Phi) is 5.35. The number of benzene rings is 1. The summed E-state index contributed by atoms with van der Waals surface area (Å²) in [5.74, 6) is -0.383. The number of hydrogen-bond donors (Lipinski definition) is 1. The Morgan fingerprint density at radius 3 is 2.96 bits per heavy atom. The van der Waals surface area contributed by atoms with Gasteiger partial charge in [0.1, 0.15) is 0 Å². The van der Waals surface area contributed by atoms with Crippen molar-refractivity contribution in [1.29, 1.82) is 0 Å². The van der Waals surface area contributed by atoms with Crippen LogP contribution in [-0.4, -0.2) is 28.6 Å². The number of pyridine rings is 1. The van der Waals surface area contributed by atoms with E-state index in [1.54, 1.807) is 24.4 Å². The highest BCUT2D eigenvalue weighted by Gasteiger charge is 2.05. The van der Waals surface area contributed by atoms with Crippen molar-refractivity contribution in [1.82, 2.24) is 4.98 Å². The number of amides is 1. The molecule has 0 saturated heterocycles. The van der Waals surface area contributed by atoms with Crippen LogP contribution in [0.15, 0.2) is 47.8 Å². The molecule has 0 unspecified atom stereocenters. The zero-order valence-electron chi connectivity index (χ0n) is 12.3. The van der Waals surface area contributed by atoms with Gasteiger partial charge in [-0.05, 0) is 19.1 Å². The third kappa shape index (κ3) is 5.20. The van der Waals surface area contributed by atoms with Gasteiger partial charge in [0.15, 0.2) is 6.61 Å². The number of hydrogen-bond acceptors (Lipinski definition) is 6. The molecule has 0 aliphatic rings. The van der Waals surface area contributed by atoms with Gasteiger partial charge < -0.3 is 10.2 Å². The third-order valence-corrected chi connectivity index (χ3v) is 2.75. The van der Waals surface area contributed by atoms with E-state index >= 15 is 0 Å². The summed E-state index contributed by atoms with van der Waals surface area (Å²) in [6.45, 7) is 1.57. The molecule has 0 bridgehead atoms. The highest BCUT2D eigenvalue weighted by molar-refractivity contribution is 5.91. The van der Waals surface area contributed by atoms with Crippen LogP contribution in [0.4, 0.5) is 11.4 Å². The molecular weight excluding hydrogens is 300 g/mol. The summed E-state index contributed by atoms with van der Waals surface area (Å²) in [5.41, 5.74) is 1.87. The molecule has 8 nitrogen and oxygen atoms in total. The van der Waals surface area contributed by atoms with E-state index in [0.717, 1.165) is 5.69 Å². The lowest BCUT2D eigenvalue weighted by atomic mass is 10.2. The van der Waals surface area contributed by atoms with Gasteiger partial charge >= 0.3 is 0 Å². The summed E-state index contributed by atoms with van der Waals surface area (Å²) >= 11 is 0. The summed E-state index contributed by atoms with van der Waals surface area (Å²) in [7, 11) is 0. The molecular formula is C15H14N4O4. The third-order valence-electron chi connectivity index (χ3n) is 2.75. The van der Waals surface area contributed by atoms with Crippen LogP contribution in [0.3, 0.4) is 0 Å². The number of anilines is 1. The molecule has 0 fully saturated rings. The number of oxime groups is 1. The van der Waals surface area contributed by atoms with Crippen molar-refractivity contribution in [2.24, 2.45) is 5.16 Å². The molecule has 0 atom stereocenters. The average Bonchev–Trinajstić information content (AvgIpc) is 2.54. The number of non-ortho nitro benzene ring substituents is 1. The molecule has 1 amide bonds. The minimum absolute atomic E-state index is 0.0430. The molecule has 2 aromatic rings. The molecule has 8 heteroatoms. The van der Waals surface area contributed by atoms with Crippen LogP contribution in [0.25, 0.3) is 0 Å². The van der Waals surface area contributed by atoms with Crippen molar-refractivity contribution in [3.05, 3.63) is 64.0 Å². The van der Waals surface area contributed by atoms with E-state index in [2.05, 4.69) is 15.5 Å². The van der Waals surface area contributed by atoms with E-state index in [4.69, 9.17) is 4.84 Å². The maximum Gasteiger partial charge on any atom is 0.270 e. The number of aryl methyl sites for hydroxylation is 1. The minimum Gasteiger partial charge on any atom is -0.386 e. The van der Waals surface area contributed by atoms with Crippen molar-refractivity contribution < 1.29 is 14.6 Å². The van der Waals surface area contributed by atoms with E-state index in [9.17, 15) is 14.9 Å². The first kappa shape index (κ1) is 16.1. The van der Waals surface area contributed by atoms with Gasteiger partial charge in [-0.3, -0.25) is 19.9 Å². The molecule has 2 rings (SSSR count). The van der Waals surface area contributed by atoms with Gasteiger partial charge in [-0.25, -0.2) is 0 Å². The van der Waals surface area contributed by atoms with E-state index in [-0.39, 0.29) is 18.2 Å². The molecule has 0 spiro atoms. The van der Waals surface area contributed by atoms with Crippen molar-refractivity contribution in [2.75, 3.05) is 11.9 Å². The second kappa shape index (κ2) is 7.64. The van der Waals surface area contributed by atoms with Crippen molar-refractivity contribution in [2.45, 2.75) is 6.92 Å². The van der Waals surface area contributed by atoms with Crippen LogP contribution < -0.4 is 5.32 Å². The highest BCUT2D eigenvalue weighted by Crippen LogP contribution is 2.11. The molecule has 0 saturated carbocycles. The Bertz CT molecular complexity index is 729. The molecule has 1 aromatic heterocycles. The van der Waals surface area contributed by atoms with Gasteiger partial charge in [0.25, 0.3) is 11.6 Å². The number of rotatable bonds is 6. The first-order valence-corrected chi connectivity index (χ1v) is 6.67. The van der Waals surface area contributed by atoms with E-state index in [1.165, 1.54) is 24.4 Å². The highest BCUT2D eigenvalue weighted by atomic mass is 16.6. The minimum atomic E-state index is -0.499. The Morgan fingerprint density at radius 1 is 1.43 bits per heavy atom. The van der Waals surface area contributed by atoms with Crippen molar-refractivity contribution >= 4 is 23.5 Å². The van der Waals surface area contributed by atoms with E-state index < -0.39 is 4.92 Å². The normalized spacial score (nSPS) is 10.5. The van der Waals surface area contributed by atoms with Gasteiger partial charge in [0.05, 0.1) is 23.0 Å². The van der Waals surface area contributed by atoms with Gasteiger partial charge in [0, 0.05) is 23.4 Å². The lowest BCUT2D eigenvalue weighted by Crippen LogP contribution is -2.17. The molecule has 0 radical (unpaired) electrons. The first-order chi connectivity index (χ1) is 11.0. The monoisotopic (exact) mass is 314 g/mol. The second-order valence-corrected chi connectivity index (χ2v) is 4.60. The molecule has 1 aromatic carbocycles. The summed E-state index contributed by atoms with van der Waals surface area (Å²) in [4.78, 5) is 30.7. The second-order valence-electron chi connectivity index (χ2n) is 4.60. The quantitative estimate of drug-likeness (QED) is 0.500. The number of nitro benzene ring substituents is 1. The number of aromatic nitrogens is 1. The predicted molar refractivity (Wildman–Crippen MR) is 84.2 cm³/mol. The molecule has 118 valence electrons. The number of carbonyl (C=O) groups is 1. The molecule has 0 aliphatic heterocycles. The number of nitro groups is 1. The van der Waals surface area contributed by atoms with Crippen molar-refractivity contribution in [3.8, 4) is 0 Å². The van der Waals surface area contributed by atoms with Gasteiger partial charge in [0.2, 0.25) is 0 Å². The van der Waals surface area contributed by atoms with E-state index in [0.29, 0.717) is 11.3 Å². The lowest BCUT2D eigenvalue weighted by Gasteiger charge is -2.03. The molecule has 1 N–H and O–H groups in total. The maximum absolute atomic E-state index is 11.6. The van der Waals surface area contributed by atoms with Gasteiger partial charge in [-0.15, -0.1) is 0 Å². The van der Waals surface area contributed by atoms with Crippen LogP contribution in [0, 0.1) is 17.0 Å². The Hall–Kier alpha value is -3.29. The fourth-order valence-corrected chi connectivity index (χ4v) is 1.65. The fraction of sp³-hybridized carbons (Fsp3) is 0.133. The number of nitrogens with one attached hydrogen (secondary N) is 1. The van der Waals surface area contributed by atoms with Crippen LogP contribution >= 0.6 is 0 Å². The molecule has 1 heterocycles. The van der Waals surface area contributed by atoms with Crippen LogP contribution in [0.2, 0.25) is 0 Å². The van der Waals surface area contributed by atoms with Crippen LogP contribution in [-0.2, 0) is 9.63 Å². The zero-order valence-corrected chi connectivity index (χ0v) is 12.3. The zero-order chi connectivity index (χ0) is 16.7. The Balaban J connectivity index is 1.82. The molecule has 23 heavy (non-hydrogen) atoms. The lowest BCUT2D eigenvalue weighted by molar-refractivity contribution is -0.384. The summed E-state index contributed by atoms with van der Waals surface area (Å²) < 4.78 is 0. The Morgan fingerprint density at radius 2 is 2.26 bits per heavy atom. The molecule has 0 aliphatic carbocycles. The fourth-order valence-electron chi connectivity index (χ4n) is 1.65. The number of nitrogens with zero attached hydrogens (tertiary/aromatic N) is 3. The average molecular weight is 314 g/mol. The first-order valence-electron chi connectivity index (χ1n) is 6.67. The smallest absolute Gasteiger partial charge is 0.270 e.